The number of urea groups is 1. The number of carbonyl (C=O) groups excluding carboxylic acids is 2. The van der Waals surface area contributed by atoms with Crippen molar-refractivity contribution >= 4 is 11.9 Å². The van der Waals surface area contributed by atoms with Crippen LogP contribution in [0.1, 0.15) is 31.3 Å². The van der Waals surface area contributed by atoms with Gasteiger partial charge in [-0.15, -0.1) is 0 Å². The van der Waals surface area contributed by atoms with Crippen molar-refractivity contribution in [1.82, 2.24) is 30.6 Å². The molecule has 9 nitrogen and oxygen atoms in total. The molecule has 0 saturated carbocycles. The van der Waals surface area contributed by atoms with Crippen LogP contribution in [0.4, 0.5) is 18.0 Å². The Kier molecular flexibility index (Phi) is 7.46. The molecule has 2 N–H and O–H groups in total. The average molecular weight is 454 g/mol. The van der Waals surface area contributed by atoms with Gasteiger partial charge in [-0.05, 0) is 26.0 Å². The SMILES string of the molecule is CCNC(=O)NC(=O)CN1CCN(C(C)c2nc(-c3cccc(C(F)(F)F)c3)no2)CC1. The van der Waals surface area contributed by atoms with Crippen molar-refractivity contribution in [3.8, 4) is 11.4 Å². The molecule has 12 heteroatoms. The largest absolute Gasteiger partial charge is 0.416 e. The van der Waals surface area contributed by atoms with Crippen LogP contribution in [0, 0.1) is 0 Å². The van der Waals surface area contributed by atoms with Gasteiger partial charge in [0.25, 0.3) is 0 Å². The monoisotopic (exact) mass is 454 g/mol. The highest BCUT2D eigenvalue weighted by molar-refractivity contribution is 5.95. The van der Waals surface area contributed by atoms with Crippen LogP contribution in [0.15, 0.2) is 28.8 Å². The van der Waals surface area contributed by atoms with Crippen LogP contribution in [0.2, 0.25) is 0 Å². The first-order valence-electron chi connectivity index (χ1n) is 10.2. The van der Waals surface area contributed by atoms with Gasteiger partial charge in [-0.3, -0.25) is 19.9 Å². The molecular weight excluding hydrogens is 429 g/mol. The summed E-state index contributed by atoms with van der Waals surface area (Å²) in [6.07, 6.45) is -4.45. The number of alkyl halides is 3. The fourth-order valence-electron chi connectivity index (χ4n) is 3.40. The molecular formula is C20H25F3N6O3. The summed E-state index contributed by atoms with van der Waals surface area (Å²) in [5.74, 6) is 0.0264. The topological polar surface area (TPSA) is 104 Å². The fourth-order valence-corrected chi connectivity index (χ4v) is 3.40. The molecule has 2 aromatic rings. The molecule has 32 heavy (non-hydrogen) atoms. The zero-order chi connectivity index (χ0) is 23.3. The van der Waals surface area contributed by atoms with E-state index in [4.69, 9.17) is 4.52 Å². The van der Waals surface area contributed by atoms with Crippen LogP contribution in [0.25, 0.3) is 11.4 Å². The van der Waals surface area contributed by atoms with E-state index in [9.17, 15) is 22.8 Å². The normalized spacial score (nSPS) is 16.5. The Hall–Kier alpha value is -2.99. The van der Waals surface area contributed by atoms with Gasteiger partial charge in [0, 0.05) is 38.3 Å². The molecule has 174 valence electrons. The number of aromatic nitrogens is 2. The first-order valence-corrected chi connectivity index (χ1v) is 10.2. The molecule has 3 amide bonds. The van der Waals surface area contributed by atoms with E-state index in [1.165, 1.54) is 12.1 Å². The number of halogens is 3. The summed E-state index contributed by atoms with van der Waals surface area (Å²) in [5.41, 5.74) is -0.549. The Balaban J connectivity index is 1.55. The first-order chi connectivity index (χ1) is 15.2. The molecule has 0 radical (unpaired) electrons. The van der Waals surface area contributed by atoms with E-state index in [0.717, 1.165) is 12.1 Å². The third-order valence-corrected chi connectivity index (χ3v) is 5.16. The minimum atomic E-state index is -4.45. The van der Waals surface area contributed by atoms with Crippen molar-refractivity contribution in [3.05, 3.63) is 35.7 Å². The number of hydrogen-bond acceptors (Lipinski definition) is 7. The zero-order valence-corrected chi connectivity index (χ0v) is 17.8. The molecule has 1 aliphatic heterocycles. The number of nitrogens with zero attached hydrogens (tertiary/aromatic N) is 4. The maximum absolute atomic E-state index is 12.9. The van der Waals surface area contributed by atoms with Gasteiger partial charge >= 0.3 is 12.2 Å². The third-order valence-electron chi connectivity index (χ3n) is 5.16. The van der Waals surface area contributed by atoms with Crippen molar-refractivity contribution in [2.45, 2.75) is 26.1 Å². The van der Waals surface area contributed by atoms with Crippen LogP contribution < -0.4 is 10.6 Å². The molecule has 3 rings (SSSR count). The smallest absolute Gasteiger partial charge is 0.338 e. The molecule has 0 bridgehead atoms. The fraction of sp³-hybridized carbons (Fsp3) is 0.500. The van der Waals surface area contributed by atoms with E-state index in [1.807, 2.05) is 11.8 Å². The van der Waals surface area contributed by atoms with Gasteiger partial charge in [-0.1, -0.05) is 17.3 Å². The minimum Gasteiger partial charge on any atom is -0.338 e. The van der Waals surface area contributed by atoms with Crippen LogP contribution in [0.5, 0.6) is 0 Å². The summed E-state index contributed by atoms with van der Waals surface area (Å²) in [6.45, 7) is 6.62. The van der Waals surface area contributed by atoms with E-state index >= 15 is 0 Å². The summed E-state index contributed by atoms with van der Waals surface area (Å²) >= 11 is 0. The summed E-state index contributed by atoms with van der Waals surface area (Å²) in [7, 11) is 0. The standard InChI is InChI=1S/C20H25F3N6O3/c1-3-24-19(31)25-16(30)12-28-7-9-29(10-8-28)13(2)18-26-17(27-32-18)14-5-4-6-15(11-14)20(21,22)23/h4-6,11,13H,3,7-10,12H2,1-2H3,(H2,24,25,30,31). The lowest BCUT2D eigenvalue weighted by Gasteiger charge is -2.36. The summed E-state index contributed by atoms with van der Waals surface area (Å²) in [4.78, 5) is 31.6. The number of amides is 3. The van der Waals surface area contributed by atoms with Gasteiger partial charge < -0.3 is 9.84 Å². The molecule has 1 saturated heterocycles. The number of carbonyl (C=O) groups is 2. The predicted molar refractivity (Wildman–Crippen MR) is 108 cm³/mol. The van der Waals surface area contributed by atoms with Crippen molar-refractivity contribution in [1.29, 1.82) is 0 Å². The summed E-state index contributed by atoms with van der Waals surface area (Å²) in [6, 6.07) is 4.02. The Morgan fingerprint density at radius 3 is 2.59 bits per heavy atom. The number of piperazine rings is 1. The quantitative estimate of drug-likeness (QED) is 0.690. The lowest BCUT2D eigenvalue weighted by molar-refractivity contribution is -0.137. The zero-order valence-electron chi connectivity index (χ0n) is 17.8. The average Bonchev–Trinajstić information content (AvgIpc) is 3.23. The highest BCUT2D eigenvalue weighted by Crippen LogP contribution is 2.32. The van der Waals surface area contributed by atoms with Crippen molar-refractivity contribution in [2.24, 2.45) is 0 Å². The predicted octanol–water partition coefficient (Wildman–Crippen LogP) is 2.28. The maximum atomic E-state index is 12.9. The molecule has 1 aromatic carbocycles. The Bertz CT molecular complexity index is 941. The first kappa shape index (κ1) is 23.7. The third kappa shape index (κ3) is 6.04. The van der Waals surface area contributed by atoms with E-state index in [2.05, 4.69) is 25.7 Å². The molecule has 2 heterocycles. The number of rotatable bonds is 6. The second kappa shape index (κ2) is 10.1. The second-order valence-corrected chi connectivity index (χ2v) is 7.43. The molecule has 1 unspecified atom stereocenters. The van der Waals surface area contributed by atoms with Gasteiger partial charge in [0.15, 0.2) is 0 Å². The van der Waals surface area contributed by atoms with Crippen LogP contribution in [0.3, 0.4) is 0 Å². The Morgan fingerprint density at radius 2 is 1.94 bits per heavy atom. The van der Waals surface area contributed by atoms with Crippen molar-refractivity contribution in [2.75, 3.05) is 39.3 Å². The number of benzene rings is 1. The molecule has 1 aromatic heterocycles. The van der Waals surface area contributed by atoms with E-state index in [1.54, 1.807) is 6.92 Å². The van der Waals surface area contributed by atoms with Gasteiger partial charge in [0.2, 0.25) is 17.6 Å². The Morgan fingerprint density at radius 1 is 1.22 bits per heavy atom. The number of imide groups is 1. The maximum Gasteiger partial charge on any atom is 0.416 e. The van der Waals surface area contributed by atoms with Gasteiger partial charge in [0.05, 0.1) is 18.2 Å². The summed E-state index contributed by atoms with van der Waals surface area (Å²) in [5, 5.41) is 8.61. The van der Waals surface area contributed by atoms with Gasteiger partial charge in [0.1, 0.15) is 0 Å². The lowest BCUT2D eigenvalue weighted by atomic mass is 10.1. The van der Waals surface area contributed by atoms with Crippen molar-refractivity contribution < 1.29 is 27.3 Å². The van der Waals surface area contributed by atoms with Crippen LogP contribution >= 0.6 is 0 Å². The number of nitrogens with one attached hydrogen (secondary N) is 2. The molecule has 1 fully saturated rings. The molecule has 0 spiro atoms. The van der Waals surface area contributed by atoms with E-state index in [0.29, 0.717) is 38.6 Å². The highest BCUT2D eigenvalue weighted by Gasteiger charge is 2.31. The Labute approximate surface area is 182 Å². The van der Waals surface area contributed by atoms with Gasteiger partial charge in [-0.25, -0.2) is 4.79 Å². The second-order valence-electron chi connectivity index (χ2n) is 7.43. The van der Waals surface area contributed by atoms with Crippen LogP contribution in [-0.2, 0) is 11.0 Å². The molecule has 1 aliphatic rings. The van der Waals surface area contributed by atoms with E-state index < -0.39 is 17.8 Å². The highest BCUT2D eigenvalue weighted by atomic mass is 19.4. The number of hydrogen-bond donors (Lipinski definition) is 2. The summed E-state index contributed by atoms with van der Waals surface area (Å²) < 4.78 is 44.2. The molecule has 0 aliphatic carbocycles. The lowest BCUT2D eigenvalue weighted by Crippen LogP contribution is -2.51. The van der Waals surface area contributed by atoms with E-state index in [-0.39, 0.29) is 29.9 Å². The molecule has 1 atom stereocenters. The van der Waals surface area contributed by atoms with Crippen molar-refractivity contribution in [3.63, 3.8) is 0 Å². The minimum absolute atomic E-state index is 0.0959. The van der Waals surface area contributed by atoms with Gasteiger partial charge in [-0.2, -0.15) is 18.2 Å². The van der Waals surface area contributed by atoms with Crippen LogP contribution in [-0.4, -0.2) is 71.1 Å².